The first-order valence-electron chi connectivity index (χ1n) is 6.26. The molecule has 106 valence electrons. The molecule has 1 saturated carbocycles. The number of hydrogen-bond acceptors (Lipinski definition) is 3. The van der Waals surface area contributed by atoms with Gasteiger partial charge in [-0.05, 0) is 19.3 Å². The Morgan fingerprint density at radius 3 is 2.68 bits per heavy atom. The number of nitrogen functional groups attached to an aromatic ring is 1. The monoisotopic (exact) mass is 274 g/mol. The number of anilines is 2. The molecule has 1 aliphatic rings. The van der Waals surface area contributed by atoms with Crippen LogP contribution in [-0.4, -0.2) is 12.7 Å². The van der Waals surface area contributed by atoms with Crippen LogP contribution >= 0.6 is 0 Å². The lowest BCUT2D eigenvalue weighted by Gasteiger charge is -2.18. The van der Waals surface area contributed by atoms with E-state index in [4.69, 9.17) is 5.73 Å². The van der Waals surface area contributed by atoms with Gasteiger partial charge in [-0.25, -0.2) is 4.39 Å². The van der Waals surface area contributed by atoms with E-state index < -0.39 is 18.2 Å². The molecular formula is C13H17F3N2O. The van der Waals surface area contributed by atoms with Crippen molar-refractivity contribution in [2.24, 2.45) is 5.92 Å². The number of halogens is 3. The number of benzene rings is 1. The molecule has 0 saturated heterocycles. The summed E-state index contributed by atoms with van der Waals surface area (Å²) in [6.07, 6.45) is 3.44. The van der Waals surface area contributed by atoms with E-state index in [9.17, 15) is 13.2 Å². The Bertz CT molecular complexity index is 450. The molecule has 0 bridgehead atoms. The van der Waals surface area contributed by atoms with Crippen molar-refractivity contribution in [3.8, 4) is 5.75 Å². The Morgan fingerprint density at radius 1 is 1.42 bits per heavy atom. The van der Waals surface area contributed by atoms with Crippen LogP contribution in [0.4, 0.5) is 24.5 Å². The van der Waals surface area contributed by atoms with Crippen LogP contribution in [0.5, 0.6) is 5.75 Å². The van der Waals surface area contributed by atoms with E-state index in [1.807, 2.05) is 6.92 Å². The number of rotatable bonds is 6. The molecule has 0 radical (unpaired) electrons. The first kappa shape index (κ1) is 13.8. The zero-order valence-corrected chi connectivity index (χ0v) is 10.6. The Labute approximate surface area is 109 Å². The summed E-state index contributed by atoms with van der Waals surface area (Å²) >= 11 is 0. The van der Waals surface area contributed by atoms with E-state index in [-0.39, 0.29) is 11.7 Å². The second-order valence-electron chi connectivity index (χ2n) is 4.97. The second-order valence-corrected chi connectivity index (χ2v) is 4.97. The van der Waals surface area contributed by atoms with Crippen molar-refractivity contribution in [3.05, 3.63) is 17.9 Å². The van der Waals surface area contributed by atoms with Gasteiger partial charge in [-0.15, -0.1) is 0 Å². The highest BCUT2D eigenvalue weighted by Gasteiger charge is 2.24. The van der Waals surface area contributed by atoms with Gasteiger partial charge in [-0.2, -0.15) is 8.78 Å². The summed E-state index contributed by atoms with van der Waals surface area (Å²) in [5.41, 5.74) is 6.27. The first-order valence-corrected chi connectivity index (χ1v) is 6.26. The van der Waals surface area contributed by atoms with E-state index in [2.05, 4.69) is 10.1 Å². The van der Waals surface area contributed by atoms with Crippen molar-refractivity contribution < 1.29 is 17.9 Å². The van der Waals surface area contributed by atoms with Crippen LogP contribution in [-0.2, 0) is 0 Å². The molecule has 3 N–H and O–H groups in total. The summed E-state index contributed by atoms with van der Waals surface area (Å²) in [6, 6.07) is 2.32. The maximum atomic E-state index is 13.4. The lowest BCUT2D eigenvalue weighted by Crippen LogP contribution is -2.17. The van der Waals surface area contributed by atoms with Gasteiger partial charge in [-0.1, -0.05) is 12.8 Å². The summed E-state index contributed by atoms with van der Waals surface area (Å²) in [5.74, 6) is -0.663. The van der Waals surface area contributed by atoms with Crippen LogP contribution in [0.1, 0.15) is 26.2 Å². The van der Waals surface area contributed by atoms with E-state index >= 15 is 0 Å². The van der Waals surface area contributed by atoms with Crippen molar-refractivity contribution in [2.75, 3.05) is 11.1 Å². The fourth-order valence-electron chi connectivity index (χ4n) is 2.06. The molecule has 0 aromatic heterocycles. The highest BCUT2D eigenvalue weighted by molar-refractivity contribution is 5.68. The predicted octanol–water partition coefficient (Wildman–Crippen LogP) is 3.61. The van der Waals surface area contributed by atoms with Gasteiger partial charge < -0.3 is 15.8 Å². The summed E-state index contributed by atoms with van der Waals surface area (Å²) < 4.78 is 41.8. The molecule has 0 aliphatic heterocycles. The maximum absolute atomic E-state index is 13.4. The van der Waals surface area contributed by atoms with Gasteiger partial charge >= 0.3 is 6.61 Å². The summed E-state index contributed by atoms with van der Waals surface area (Å²) in [5, 5.41) is 3.11. The topological polar surface area (TPSA) is 47.3 Å². The highest BCUT2D eigenvalue weighted by Crippen LogP contribution is 2.35. The molecule has 0 amide bonds. The van der Waals surface area contributed by atoms with Gasteiger partial charge in [0, 0.05) is 18.2 Å². The van der Waals surface area contributed by atoms with Crippen LogP contribution in [0.3, 0.4) is 0 Å². The Morgan fingerprint density at radius 2 is 2.11 bits per heavy atom. The average molecular weight is 274 g/mol. The third-order valence-electron chi connectivity index (χ3n) is 3.11. The lowest BCUT2D eigenvalue weighted by atomic mass is 10.1. The van der Waals surface area contributed by atoms with Crippen LogP contribution in [0.15, 0.2) is 12.1 Å². The smallest absolute Gasteiger partial charge is 0.387 e. The molecule has 19 heavy (non-hydrogen) atoms. The number of nitrogens with two attached hydrogens (primary N) is 1. The van der Waals surface area contributed by atoms with Crippen LogP contribution < -0.4 is 15.8 Å². The molecule has 3 nitrogen and oxygen atoms in total. The maximum Gasteiger partial charge on any atom is 0.387 e. The van der Waals surface area contributed by atoms with E-state index in [1.165, 1.54) is 18.9 Å². The molecule has 1 unspecified atom stereocenters. The molecule has 1 fully saturated rings. The SMILES string of the molecule is CC(CC1CC1)Nc1cc(OC(F)F)c(F)cc1N. The van der Waals surface area contributed by atoms with Crippen molar-refractivity contribution in [3.63, 3.8) is 0 Å². The number of nitrogens with one attached hydrogen (secondary N) is 1. The molecule has 0 spiro atoms. The second kappa shape index (κ2) is 5.59. The van der Waals surface area contributed by atoms with Gasteiger partial charge in [-0.3, -0.25) is 0 Å². The van der Waals surface area contributed by atoms with Crippen molar-refractivity contribution in [1.29, 1.82) is 0 Å². The van der Waals surface area contributed by atoms with Gasteiger partial charge in [0.2, 0.25) is 0 Å². The molecule has 1 aromatic carbocycles. The van der Waals surface area contributed by atoms with E-state index in [1.54, 1.807) is 0 Å². The summed E-state index contributed by atoms with van der Waals surface area (Å²) in [4.78, 5) is 0. The molecule has 2 rings (SSSR count). The van der Waals surface area contributed by atoms with Crippen LogP contribution in [0, 0.1) is 11.7 Å². The van der Waals surface area contributed by atoms with Gasteiger partial charge in [0.15, 0.2) is 11.6 Å². The molecule has 1 aliphatic carbocycles. The quantitative estimate of drug-likeness (QED) is 0.779. The molecule has 6 heteroatoms. The minimum atomic E-state index is -3.06. The Balaban J connectivity index is 2.09. The van der Waals surface area contributed by atoms with Gasteiger partial charge in [0.25, 0.3) is 0 Å². The number of hydrogen-bond donors (Lipinski definition) is 2. The van der Waals surface area contributed by atoms with Gasteiger partial charge in [0.1, 0.15) is 0 Å². The van der Waals surface area contributed by atoms with Crippen molar-refractivity contribution in [1.82, 2.24) is 0 Å². The summed E-state index contributed by atoms with van der Waals surface area (Å²) in [7, 11) is 0. The van der Waals surface area contributed by atoms with Crippen LogP contribution in [0.25, 0.3) is 0 Å². The zero-order valence-electron chi connectivity index (χ0n) is 10.6. The molecule has 1 aromatic rings. The van der Waals surface area contributed by atoms with Crippen molar-refractivity contribution in [2.45, 2.75) is 38.8 Å². The lowest BCUT2D eigenvalue weighted by molar-refractivity contribution is -0.0521. The number of ether oxygens (including phenoxy) is 1. The van der Waals surface area contributed by atoms with E-state index in [0.717, 1.165) is 18.4 Å². The first-order chi connectivity index (χ1) is 8.95. The minimum Gasteiger partial charge on any atom is -0.432 e. The fraction of sp³-hybridized carbons (Fsp3) is 0.538. The Hall–Kier alpha value is -1.59. The molecule has 0 heterocycles. The fourth-order valence-corrected chi connectivity index (χ4v) is 2.06. The standard InChI is InChI=1S/C13H17F3N2O/c1-7(4-8-2-3-8)18-11-6-12(19-13(15)16)9(14)5-10(11)17/h5-8,13,18H,2-4,17H2,1H3. The zero-order chi connectivity index (χ0) is 14.0. The normalized spacial score (nSPS) is 16.5. The minimum absolute atomic E-state index is 0.152. The summed E-state index contributed by atoms with van der Waals surface area (Å²) in [6.45, 7) is -1.08. The highest BCUT2D eigenvalue weighted by atomic mass is 19.3. The van der Waals surface area contributed by atoms with Gasteiger partial charge in [0.05, 0.1) is 11.4 Å². The Kier molecular flexibility index (Phi) is 4.07. The molecular weight excluding hydrogens is 257 g/mol. The largest absolute Gasteiger partial charge is 0.432 e. The average Bonchev–Trinajstić information content (AvgIpc) is 3.08. The predicted molar refractivity (Wildman–Crippen MR) is 67.9 cm³/mol. The molecule has 1 atom stereocenters. The third kappa shape index (κ3) is 3.94. The van der Waals surface area contributed by atoms with Crippen LogP contribution in [0.2, 0.25) is 0 Å². The van der Waals surface area contributed by atoms with E-state index in [0.29, 0.717) is 5.69 Å². The van der Waals surface area contributed by atoms with Crippen molar-refractivity contribution >= 4 is 11.4 Å². The third-order valence-corrected chi connectivity index (χ3v) is 3.11. The number of alkyl halides is 2.